The topological polar surface area (TPSA) is 56.7 Å². The zero-order chi connectivity index (χ0) is 46.4. The fourth-order valence-electron chi connectivity index (χ4n) is 9.35. The summed E-state index contributed by atoms with van der Waals surface area (Å²) in [5.74, 6) is 8.69. The third-order valence-corrected chi connectivity index (χ3v) is 17.0. The monoisotopic (exact) mass is 1130 g/mol. The number of imidazole rings is 1. The Morgan fingerprint density at radius 2 is 1.31 bits per heavy atom. The van der Waals surface area contributed by atoms with Crippen molar-refractivity contribution in [3.8, 4) is 50.6 Å². The van der Waals surface area contributed by atoms with Crippen molar-refractivity contribution < 1.29 is 24.5 Å². The fraction of sp³-hybridized carbons (Fsp3) is 0.164. The molecule has 5 nitrogen and oxygen atoms in total. The van der Waals surface area contributed by atoms with E-state index in [1.165, 1.54) is 54.2 Å². The van der Waals surface area contributed by atoms with Gasteiger partial charge in [-0.05, 0) is 77.4 Å². The first-order chi connectivity index (χ1) is 32.4. The molecule has 68 heavy (non-hydrogen) atoms. The van der Waals surface area contributed by atoms with Crippen LogP contribution in [-0.2, 0) is 20.1 Å². The van der Waals surface area contributed by atoms with Gasteiger partial charge in [-0.2, -0.15) is 0 Å². The smallest absolute Gasteiger partial charge is 0 e. The number of benzene rings is 7. The van der Waals surface area contributed by atoms with Crippen LogP contribution in [0.5, 0.6) is 0 Å². The summed E-state index contributed by atoms with van der Waals surface area (Å²) in [6, 6.07) is 64.3. The van der Waals surface area contributed by atoms with Crippen LogP contribution in [0.15, 0.2) is 174 Å². The molecule has 7 heteroatoms. The van der Waals surface area contributed by atoms with Crippen LogP contribution in [-0.4, -0.2) is 32.8 Å². The molecule has 0 saturated carbocycles. The number of aromatic nitrogens is 4. The molecule has 11 aromatic rings. The Morgan fingerprint density at radius 3 is 2.04 bits per heavy atom. The number of rotatable bonds is 8. The molecule has 0 fully saturated rings. The van der Waals surface area contributed by atoms with Gasteiger partial charge < -0.3 is 8.98 Å². The van der Waals surface area contributed by atoms with Crippen molar-refractivity contribution in [1.29, 1.82) is 0 Å². The van der Waals surface area contributed by atoms with E-state index in [4.69, 9.17) is 14.4 Å². The summed E-state index contributed by atoms with van der Waals surface area (Å²) in [4.78, 5) is 14.7. The van der Waals surface area contributed by atoms with E-state index in [1.807, 2.05) is 43.3 Å². The van der Waals surface area contributed by atoms with Crippen LogP contribution in [0.25, 0.3) is 94.5 Å². The van der Waals surface area contributed by atoms with Crippen LogP contribution in [0, 0.1) is 19.1 Å². The summed E-state index contributed by atoms with van der Waals surface area (Å²) in [6.07, 6.45) is 2.12. The molecule has 339 valence electrons. The molecule has 0 aliphatic carbocycles. The molecule has 7 aromatic carbocycles. The van der Waals surface area contributed by atoms with Crippen LogP contribution in [0.1, 0.15) is 56.4 Å². The summed E-state index contributed by atoms with van der Waals surface area (Å²) in [7, 11) is 0. The van der Waals surface area contributed by atoms with Gasteiger partial charge in [-0.15, -0.1) is 18.2 Å². The number of nitrogens with zero attached hydrogens (tertiary/aromatic N) is 4. The molecule has 0 spiro atoms. The van der Waals surface area contributed by atoms with E-state index >= 15 is 0 Å². The Balaban J connectivity index is 0.000000185. The maximum absolute atomic E-state index is 6.44. The Hall–Kier alpha value is -6.44. The minimum atomic E-state index is -2.09. The van der Waals surface area contributed by atoms with Gasteiger partial charge in [0.1, 0.15) is 0 Å². The van der Waals surface area contributed by atoms with Crippen molar-refractivity contribution in [2.75, 3.05) is 0 Å². The number of para-hydroxylation sites is 2. The summed E-state index contributed by atoms with van der Waals surface area (Å²) in [5.41, 5.74) is 16.1. The van der Waals surface area contributed by atoms with Crippen LogP contribution >= 0.6 is 0 Å². The largest absolute Gasteiger partial charge is 0 e. The molecular formula is C61H54GeIrN4O-2. The Bertz CT molecular complexity index is 3550. The van der Waals surface area contributed by atoms with Gasteiger partial charge >= 0.3 is 158 Å². The van der Waals surface area contributed by atoms with Gasteiger partial charge in [0.15, 0.2) is 0 Å². The Kier molecular flexibility index (Phi) is 13.2. The van der Waals surface area contributed by atoms with Gasteiger partial charge in [-0.25, -0.2) is 4.98 Å². The molecule has 0 amide bonds. The van der Waals surface area contributed by atoms with E-state index in [1.54, 1.807) is 0 Å². The second-order valence-electron chi connectivity index (χ2n) is 19.1. The van der Waals surface area contributed by atoms with Gasteiger partial charge in [0, 0.05) is 36.9 Å². The Morgan fingerprint density at radius 1 is 0.603 bits per heavy atom. The third kappa shape index (κ3) is 8.89. The van der Waals surface area contributed by atoms with Crippen LogP contribution in [0.4, 0.5) is 0 Å². The maximum atomic E-state index is 6.44. The molecular weight excluding hydrogens is 1070 g/mol. The van der Waals surface area contributed by atoms with E-state index < -0.39 is 13.3 Å². The number of pyridine rings is 2. The van der Waals surface area contributed by atoms with Gasteiger partial charge in [0.2, 0.25) is 5.71 Å². The van der Waals surface area contributed by atoms with Crippen molar-refractivity contribution in [2.45, 2.75) is 63.7 Å². The first kappa shape index (κ1) is 46.7. The normalized spacial score (nSPS) is 11.7. The van der Waals surface area contributed by atoms with Crippen molar-refractivity contribution in [2.24, 2.45) is 0 Å². The number of hydrogen-bond acceptors (Lipinski definition) is 4. The van der Waals surface area contributed by atoms with Gasteiger partial charge in [0.25, 0.3) is 0 Å². The quantitative estimate of drug-likeness (QED) is 0.112. The first-order valence-electron chi connectivity index (χ1n) is 23.3. The van der Waals surface area contributed by atoms with E-state index in [2.05, 4.69) is 200 Å². The van der Waals surface area contributed by atoms with E-state index in [-0.39, 0.29) is 20.1 Å². The molecule has 1 radical (unpaired) electrons. The average Bonchev–Trinajstić information content (AvgIpc) is 3.92. The molecule has 0 unspecified atom stereocenters. The zero-order valence-electron chi connectivity index (χ0n) is 39.9. The molecule has 0 bridgehead atoms. The van der Waals surface area contributed by atoms with Crippen molar-refractivity contribution >= 4 is 61.5 Å². The first-order valence-corrected chi connectivity index (χ1v) is 30.7. The van der Waals surface area contributed by atoms with Crippen molar-refractivity contribution in [3.63, 3.8) is 0 Å². The van der Waals surface area contributed by atoms with E-state index in [0.29, 0.717) is 17.5 Å². The average molecular weight is 1120 g/mol. The minimum Gasteiger partial charge on any atom is 0 e. The maximum Gasteiger partial charge on any atom is 0 e. The molecule has 4 heterocycles. The van der Waals surface area contributed by atoms with Gasteiger partial charge in [0.05, 0.1) is 22.4 Å². The predicted molar refractivity (Wildman–Crippen MR) is 283 cm³/mol. The van der Waals surface area contributed by atoms with Crippen LogP contribution < -0.4 is 4.40 Å². The molecule has 11 rings (SSSR count). The fourth-order valence-corrected chi connectivity index (χ4v) is 12.4. The van der Waals surface area contributed by atoms with Crippen LogP contribution in [0.2, 0.25) is 17.3 Å². The predicted octanol–water partition coefficient (Wildman–Crippen LogP) is 15.9. The van der Waals surface area contributed by atoms with E-state index in [9.17, 15) is 0 Å². The van der Waals surface area contributed by atoms with Gasteiger partial charge in [-0.1, -0.05) is 81.1 Å². The van der Waals surface area contributed by atoms with E-state index in [0.717, 1.165) is 55.7 Å². The molecule has 0 atom stereocenters. The minimum absolute atomic E-state index is 0. The number of hydrogen-bond donors (Lipinski definition) is 0. The second kappa shape index (κ2) is 19.3. The summed E-state index contributed by atoms with van der Waals surface area (Å²) >= 11 is -2.09. The van der Waals surface area contributed by atoms with Crippen molar-refractivity contribution in [3.05, 3.63) is 199 Å². The number of aryl methyl sites for hydroxylation is 1. The molecule has 0 aliphatic rings. The van der Waals surface area contributed by atoms with Crippen molar-refractivity contribution in [1.82, 2.24) is 19.5 Å². The second-order valence-corrected chi connectivity index (χ2v) is 29.7. The third-order valence-electron chi connectivity index (χ3n) is 12.7. The molecule has 0 saturated heterocycles. The zero-order valence-corrected chi connectivity index (χ0v) is 44.3. The number of furan rings is 1. The Labute approximate surface area is 416 Å². The van der Waals surface area contributed by atoms with Gasteiger partial charge in [-0.3, -0.25) is 4.98 Å². The molecule has 0 N–H and O–H groups in total. The van der Waals surface area contributed by atoms with Crippen LogP contribution in [0.3, 0.4) is 0 Å². The SMILES string of the molecule is Cc1ccc2c(n1)oc1c(-c3nc4ccccc4n3-c3c(C(C)C)cc(-c4ccccc4)cc3C(C)C)[c-]ccc12.[CH3][Ge]([CH3])([CH3])[c]1cnc(-c2[c-]cccc2)cc1-c1cccc2ccccc12.[Ir]. The molecule has 0 aliphatic heterocycles. The summed E-state index contributed by atoms with van der Waals surface area (Å²) in [5, 5.41) is 4.60. The summed E-state index contributed by atoms with van der Waals surface area (Å²) in [6.45, 7) is 11.1. The standard InChI is InChI=1S/C37H32N3O.C24H22GeN.Ir/c1-22(2)30-20-26(25-12-7-6-8-13-25)21-31(23(3)4)34(30)40-33-17-10-9-16-32(33)39-36(40)29-15-11-14-27-28-19-18-24(5)38-37(28)41-35(27)29;1-25(2,3)23-17-26-24(19-11-5-4-6-12-19)16-22(23)21-15-9-13-18-10-7-8-14-20(18)21;/h6-14,16-23H,1-5H3;4-11,13-17H,1-3H3;/q2*-1;. The summed E-state index contributed by atoms with van der Waals surface area (Å²) < 4.78 is 10.2. The molecule has 4 aromatic heterocycles. The number of fused-ring (bicyclic) bond motifs is 5.